The summed E-state index contributed by atoms with van der Waals surface area (Å²) in [6.45, 7) is 2.90. The Morgan fingerprint density at radius 2 is 1.79 bits per heavy atom. The van der Waals surface area contributed by atoms with Gasteiger partial charge in [0.1, 0.15) is 0 Å². The number of halogens is 2. The summed E-state index contributed by atoms with van der Waals surface area (Å²) in [5, 5.41) is 8.07. The van der Waals surface area contributed by atoms with Crippen LogP contribution in [0.25, 0.3) is 22.6 Å². The molecule has 1 fully saturated rings. The van der Waals surface area contributed by atoms with Gasteiger partial charge in [-0.25, -0.2) is 8.78 Å². The van der Waals surface area contributed by atoms with Gasteiger partial charge in [-0.3, -0.25) is 4.79 Å². The van der Waals surface area contributed by atoms with Crippen LogP contribution in [0.1, 0.15) is 28.7 Å². The van der Waals surface area contributed by atoms with Crippen LogP contribution >= 0.6 is 0 Å². The van der Waals surface area contributed by atoms with Gasteiger partial charge in [0, 0.05) is 17.5 Å². The van der Waals surface area contributed by atoms with Gasteiger partial charge >= 0.3 is 0 Å². The van der Waals surface area contributed by atoms with Crippen LogP contribution < -0.4 is 0 Å². The van der Waals surface area contributed by atoms with E-state index in [9.17, 15) is 13.6 Å². The van der Waals surface area contributed by atoms with Crippen molar-refractivity contribution in [3.05, 3.63) is 59.5 Å². The van der Waals surface area contributed by atoms with E-state index in [1.54, 1.807) is 12.1 Å². The molecule has 0 unspecified atom stereocenters. The quantitative estimate of drug-likeness (QED) is 0.671. The lowest BCUT2D eigenvalue weighted by atomic mass is 9.98. The first-order valence-corrected chi connectivity index (χ1v) is 9.07. The smallest absolute Gasteiger partial charge is 0.282 e. The average Bonchev–Trinajstić information content (AvgIpc) is 3.14. The zero-order valence-electron chi connectivity index (χ0n) is 15.6. The van der Waals surface area contributed by atoms with Crippen LogP contribution in [0, 0.1) is 6.92 Å². The molecular weight excluding hydrogens is 364 g/mol. The molecule has 1 aromatic heterocycles. The number of aryl methyl sites for hydroxylation is 2. The molecule has 144 valence electrons. The molecule has 0 N–H and O–H groups in total. The number of hydrogen-bond donors (Lipinski definition) is 0. The highest BCUT2D eigenvalue weighted by molar-refractivity contribution is 5.95. The van der Waals surface area contributed by atoms with Crippen molar-refractivity contribution in [1.29, 1.82) is 0 Å². The molecular formula is C21H19F2N3O2. The minimum Gasteiger partial charge on any atom is -0.421 e. The second-order valence-corrected chi connectivity index (χ2v) is 6.98. The fourth-order valence-electron chi connectivity index (χ4n) is 3.23. The second kappa shape index (κ2) is 6.82. The number of carbonyl (C=O) groups is 1. The molecule has 1 amide bonds. The van der Waals surface area contributed by atoms with Gasteiger partial charge in [0.05, 0.1) is 13.1 Å². The Hall–Kier alpha value is -3.09. The van der Waals surface area contributed by atoms with E-state index in [1.165, 1.54) is 0 Å². The molecule has 28 heavy (non-hydrogen) atoms. The predicted molar refractivity (Wildman–Crippen MR) is 100 cm³/mol. The molecule has 0 radical (unpaired) electrons. The van der Waals surface area contributed by atoms with E-state index in [2.05, 4.69) is 10.2 Å². The van der Waals surface area contributed by atoms with Gasteiger partial charge < -0.3 is 9.32 Å². The van der Waals surface area contributed by atoms with Crippen LogP contribution in [-0.2, 0) is 6.42 Å². The molecule has 0 bridgehead atoms. The fraction of sp³-hybridized carbons (Fsp3) is 0.286. The van der Waals surface area contributed by atoms with Gasteiger partial charge in [-0.2, -0.15) is 0 Å². The first-order chi connectivity index (χ1) is 13.4. The SMILES string of the molecule is CCc1nnc(-c2ccc(-c3ccc(C(=O)N4CC(F)(F)C4)cc3)cc2C)o1. The number of amides is 1. The second-order valence-electron chi connectivity index (χ2n) is 6.98. The van der Waals surface area contributed by atoms with Crippen LogP contribution in [0.3, 0.4) is 0 Å². The molecule has 4 rings (SSSR count). The Kier molecular flexibility index (Phi) is 4.45. The highest BCUT2D eigenvalue weighted by Gasteiger charge is 2.46. The molecule has 3 aromatic rings. The van der Waals surface area contributed by atoms with Crippen molar-refractivity contribution in [2.75, 3.05) is 13.1 Å². The summed E-state index contributed by atoms with van der Waals surface area (Å²) in [6.07, 6.45) is 0.685. The fourth-order valence-corrected chi connectivity index (χ4v) is 3.23. The molecule has 7 heteroatoms. The number of benzene rings is 2. The number of nitrogens with zero attached hydrogens (tertiary/aromatic N) is 3. The van der Waals surface area contributed by atoms with E-state index in [1.807, 2.05) is 44.2 Å². The Morgan fingerprint density at radius 1 is 1.11 bits per heavy atom. The van der Waals surface area contributed by atoms with Crippen LogP contribution in [0.4, 0.5) is 8.78 Å². The van der Waals surface area contributed by atoms with Crippen molar-refractivity contribution in [3.8, 4) is 22.6 Å². The first-order valence-electron chi connectivity index (χ1n) is 9.07. The Morgan fingerprint density at radius 3 is 2.36 bits per heavy atom. The zero-order valence-corrected chi connectivity index (χ0v) is 15.6. The van der Waals surface area contributed by atoms with Crippen molar-refractivity contribution in [3.63, 3.8) is 0 Å². The van der Waals surface area contributed by atoms with E-state index in [4.69, 9.17) is 4.42 Å². The largest absolute Gasteiger partial charge is 0.421 e. The van der Waals surface area contributed by atoms with Crippen LogP contribution in [-0.4, -0.2) is 40.0 Å². The third-order valence-electron chi connectivity index (χ3n) is 4.82. The van der Waals surface area contributed by atoms with Gasteiger partial charge in [-0.1, -0.05) is 31.2 Å². The molecule has 2 heterocycles. The third-order valence-corrected chi connectivity index (χ3v) is 4.82. The van der Waals surface area contributed by atoms with Gasteiger partial charge in [0.2, 0.25) is 11.8 Å². The molecule has 1 aliphatic heterocycles. The van der Waals surface area contributed by atoms with E-state index in [-0.39, 0.29) is 5.91 Å². The summed E-state index contributed by atoms with van der Waals surface area (Å²) in [7, 11) is 0. The minimum absolute atomic E-state index is 0.368. The van der Waals surface area contributed by atoms with Crippen LogP contribution in [0.15, 0.2) is 46.9 Å². The van der Waals surface area contributed by atoms with E-state index >= 15 is 0 Å². The Labute approximate surface area is 161 Å². The van der Waals surface area contributed by atoms with Gasteiger partial charge in [0.15, 0.2) is 0 Å². The number of hydrogen-bond acceptors (Lipinski definition) is 4. The van der Waals surface area contributed by atoms with Gasteiger partial charge in [-0.05, 0) is 41.8 Å². The highest BCUT2D eigenvalue weighted by atomic mass is 19.3. The third kappa shape index (κ3) is 3.40. The van der Waals surface area contributed by atoms with Crippen molar-refractivity contribution >= 4 is 5.91 Å². The van der Waals surface area contributed by atoms with E-state index in [0.29, 0.717) is 23.8 Å². The van der Waals surface area contributed by atoms with Gasteiger partial charge in [0.25, 0.3) is 11.8 Å². The minimum atomic E-state index is -2.76. The maximum absolute atomic E-state index is 13.0. The summed E-state index contributed by atoms with van der Waals surface area (Å²) >= 11 is 0. The standard InChI is InChI=1S/C21H19F2N3O2/c1-3-18-24-25-19(28-18)17-9-8-16(10-13(17)2)14-4-6-15(7-5-14)20(27)26-11-21(22,23)12-26/h4-10H,3,11-12H2,1-2H3. The molecule has 5 nitrogen and oxygen atoms in total. The Bertz CT molecular complexity index is 1020. The summed E-state index contributed by atoms with van der Waals surface area (Å²) in [4.78, 5) is 13.4. The molecule has 1 saturated heterocycles. The number of carbonyl (C=O) groups excluding carboxylic acids is 1. The van der Waals surface area contributed by atoms with Gasteiger partial charge in [-0.15, -0.1) is 10.2 Å². The van der Waals surface area contributed by atoms with Crippen LogP contribution in [0.5, 0.6) is 0 Å². The monoisotopic (exact) mass is 383 g/mol. The average molecular weight is 383 g/mol. The normalized spacial score (nSPS) is 15.4. The lowest BCUT2D eigenvalue weighted by Crippen LogP contribution is -2.58. The number of rotatable bonds is 4. The summed E-state index contributed by atoms with van der Waals surface area (Å²) in [6, 6.07) is 12.9. The maximum atomic E-state index is 13.0. The molecule has 0 atom stereocenters. The van der Waals surface area contributed by atoms with E-state index in [0.717, 1.165) is 27.2 Å². The predicted octanol–water partition coefficient (Wildman–Crippen LogP) is 4.37. The molecule has 0 spiro atoms. The summed E-state index contributed by atoms with van der Waals surface area (Å²) in [5.74, 6) is -2.04. The number of aromatic nitrogens is 2. The number of alkyl halides is 2. The first kappa shape index (κ1) is 18.3. The Balaban J connectivity index is 1.53. The molecule has 2 aromatic carbocycles. The summed E-state index contributed by atoms with van der Waals surface area (Å²) < 4.78 is 31.5. The van der Waals surface area contributed by atoms with Crippen molar-refractivity contribution < 1.29 is 18.0 Å². The summed E-state index contributed by atoms with van der Waals surface area (Å²) in [5.41, 5.74) is 4.18. The number of likely N-dealkylation sites (tertiary alicyclic amines) is 1. The topological polar surface area (TPSA) is 59.2 Å². The van der Waals surface area contributed by atoms with Crippen molar-refractivity contribution in [2.45, 2.75) is 26.2 Å². The maximum Gasteiger partial charge on any atom is 0.282 e. The lowest BCUT2D eigenvalue weighted by molar-refractivity contribution is -0.113. The molecule has 0 aliphatic carbocycles. The molecule has 0 saturated carbocycles. The van der Waals surface area contributed by atoms with Crippen LogP contribution in [0.2, 0.25) is 0 Å². The van der Waals surface area contributed by atoms with E-state index < -0.39 is 19.0 Å². The highest BCUT2D eigenvalue weighted by Crippen LogP contribution is 2.30. The molecule has 1 aliphatic rings. The van der Waals surface area contributed by atoms with Crippen molar-refractivity contribution in [2.24, 2.45) is 0 Å². The van der Waals surface area contributed by atoms with Crippen molar-refractivity contribution in [1.82, 2.24) is 15.1 Å². The zero-order chi connectivity index (χ0) is 19.9. The lowest BCUT2D eigenvalue weighted by Gasteiger charge is -2.38.